The molecule has 0 bridgehead atoms. The average Bonchev–Trinajstić information content (AvgIpc) is 2.86. The first-order chi connectivity index (χ1) is 11.4. The minimum absolute atomic E-state index is 0.120. The van der Waals surface area contributed by atoms with Gasteiger partial charge >= 0.3 is 5.69 Å². The largest absolute Gasteiger partial charge is 0.322 e. The van der Waals surface area contributed by atoms with Gasteiger partial charge in [-0.15, -0.1) is 0 Å². The van der Waals surface area contributed by atoms with Gasteiger partial charge in [0, 0.05) is 13.3 Å². The van der Waals surface area contributed by atoms with Gasteiger partial charge in [-0.1, -0.05) is 37.3 Å². The minimum Gasteiger partial charge on any atom is -0.265 e. The van der Waals surface area contributed by atoms with E-state index in [9.17, 15) is 14.9 Å². The summed E-state index contributed by atoms with van der Waals surface area (Å²) in [7, 11) is 1.48. The number of benzene rings is 1. The number of amides is 1. The van der Waals surface area contributed by atoms with Gasteiger partial charge in [0.25, 0.3) is 5.91 Å². The summed E-state index contributed by atoms with van der Waals surface area (Å²) in [5.41, 5.74) is 3.26. The molecule has 0 fully saturated rings. The number of aromatic nitrogens is 2. The molecule has 8 nitrogen and oxygen atoms in total. The van der Waals surface area contributed by atoms with Crippen LogP contribution in [-0.4, -0.2) is 26.8 Å². The molecular weight excluding hydrogens is 310 g/mol. The fraction of sp³-hybridized carbons (Fsp3) is 0.312. The number of hydrazone groups is 1. The Morgan fingerprint density at radius 1 is 1.46 bits per heavy atom. The molecule has 0 unspecified atom stereocenters. The van der Waals surface area contributed by atoms with Crippen LogP contribution >= 0.6 is 0 Å². The second kappa shape index (κ2) is 7.49. The quantitative estimate of drug-likeness (QED) is 0.500. The van der Waals surface area contributed by atoms with E-state index in [1.807, 2.05) is 30.3 Å². The van der Waals surface area contributed by atoms with Crippen LogP contribution < -0.4 is 5.43 Å². The van der Waals surface area contributed by atoms with Crippen molar-refractivity contribution in [2.45, 2.75) is 26.2 Å². The van der Waals surface area contributed by atoms with E-state index in [0.717, 1.165) is 0 Å². The number of hydrogen-bond acceptors (Lipinski definition) is 5. The molecule has 1 aromatic carbocycles. The van der Waals surface area contributed by atoms with Crippen LogP contribution in [0.1, 0.15) is 41.0 Å². The van der Waals surface area contributed by atoms with Gasteiger partial charge in [0.2, 0.25) is 5.69 Å². The van der Waals surface area contributed by atoms with Gasteiger partial charge in [-0.2, -0.15) is 10.2 Å². The second-order valence-corrected chi connectivity index (χ2v) is 5.46. The molecule has 0 spiro atoms. The van der Waals surface area contributed by atoms with Crippen LogP contribution in [0.3, 0.4) is 0 Å². The number of rotatable bonds is 6. The zero-order chi connectivity index (χ0) is 17.7. The Morgan fingerprint density at radius 2 is 2.12 bits per heavy atom. The first-order valence-corrected chi connectivity index (χ1v) is 7.46. The van der Waals surface area contributed by atoms with Crippen LogP contribution in [0.5, 0.6) is 0 Å². The highest BCUT2D eigenvalue weighted by Gasteiger charge is 2.28. The summed E-state index contributed by atoms with van der Waals surface area (Å²) in [6.45, 7) is 3.54. The number of aryl methyl sites for hydroxylation is 2. The number of carbonyl (C=O) groups excluding carboxylic acids is 1. The molecule has 0 saturated heterocycles. The molecule has 1 N–H and O–H groups in total. The summed E-state index contributed by atoms with van der Waals surface area (Å²) in [5, 5.41) is 18.9. The molecule has 1 atom stereocenters. The van der Waals surface area contributed by atoms with Crippen molar-refractivity contribution < 1.29 is 9.72 Å². The smallest absolute Gasteiger partial charge is 0.265 e. The third-order valence-electron chi connectivity index (χ3n) is 3.67. The SMILES string of the molecule is Cc1nn(C)c(C(=O)N/N=C\C[C@@H](C)c2ccccc2)c1[N+](=O)[O-]. The van der Waals surface area contributed by atoms with E-state index < -0.39 is 10.8 Å². The lowest BCUT2D eigenvalue weighted by atomic mass is 9.99. The molecule has 1 aromatic heterocycles. The van der Waals surface area contributed by atoms with Crippen molar-refractivity contribution in [3.63, 3.8) is 0 Å². The first-order valence-electron chi connectivity index (χ1n) is 7.46. The Balaban J connectivity index is 2.00. The topological polar surface area (TPSA) is 102 Å². The Bertz CT molecular complexity index is 768. The molecule has 0 aliphatic carbocycles. The van der Waals surface area contributed by atoms with E-state index in [0.29, 0.717) is 6.42 Å². The molecule has 2 rings (SSSR count). The van der Waals surface area contributed by atoms with E-state index in [1.165, 1.54) is 24.2 Å². The van der Waals surface area contributed by atoms with E-state index >= 15 is 0 Å². The van der Waals surface area contributed by atoms with Crippen molar-refractivity contribution in [2.75, 3.05) is 0 Å². The van der Waals surface area contributed by atoms with Crippen molar-refractivity contribution in [1.29, 1.82) is 0 Å². The standard InChI is InChI=1S/C16H19N5O3/c1-11(13-7-5-4-6-8-13)9-10-17-18-16(22)15-14(21(23)24)12(2)19-20(15)3/h4-8,10-11H,9H2,1-3H3,(H,18,22)/b17-10-/t11-/m1/s1. The van der Waals surface area contributed by atoms with Crippen LogP contribution in [0.15, 0.2) is 35.4 Å². The summed E-state index contributed by atoms with van der Waals surface area (Å²) in [4.78, 5) is 22.6. The van der Waals surface area contributed by atoms with Crippen LogP contribution in [0.2, 0.25) is 0 Å². The van der Waals surface area contributed by atoms with Crippen LogP contribution in [-0.2, 0) is 7.05 Å². The maximum Gasteiger partial charge on any atom is 0.322 e. The predicted octanol–water partition coefficient (Wildman–Crippen LogP) is 2.55. The summed E-state index contributed by atoms with van der Waals surface area (Å²) >= 11 is 0. The zero-order valence-corrected chi connectivity index (χ0v) is 13.8. The number of carbonyl (C=O) groups is 1. The van der Waals surface area contributed by atoms with Crippen molar-refractivity contribution in [3.05, 3.63) is 57.4 Å². The third-order valence-corrected chi connectivity index (χ3v) is 3.67. The highest BCUT2D eigenvalue weighted by atomic mass is 16.6. The zero-order valence-electron chi connectivity index (χ0n) is 13.8. The fourth-order valence-corrected chi connectivity index (χ4v) is 2.41. The van der Waals surface area contributed by atoms with Gasteiger partial charge < -0.3 is 0 Å². The van der Waals surface area contributed by atoms with Crippen molar-refractivity contribution in [3.8, 4) is 0 Å². The Labute approximate surface area is 139 Å². The summed E-state index contributed by atoms with van der Waals surface area (Å²) < 4.78 is 1.19. The molecule has 0 aliphatic heterocycles. The van der Waals surface area contributed by atoms with Gasteiger partial charge in [0.1, 0.15) is 5.69 Å². The maximum absolute atomic E-state index is 12.1. The summed E-state index contributed by atoms with van der Waals surface area (Å²) in [5.74, 6) is -0.409. The van der Waals surface area contributed by atoms with E-state index in [2.05, 4.69) is 22.5 Å². The highest BCUT2D eigenvalue weighted by molar-refractivity contribution is 5.97. The second-order valence-electron chi connectivity index (χ2n) is 5.46. The number of nitrogens with zero attached hydrogens (tertiary/aromatic N) is 4. The maximum atomic E-state index is 12.1. The van der Waals surface area contributed by atoms with Gasteiger partial charge in [0.05, 0.1) is 4.92 Å². The Hall–Kier alpha value is -3.03. The molecule has 0 aliphatic rings. The number of nitro groups is 1. The summed E-state index contributed by atoms with van der Waals surface area (Å²) in [6.07, 6.45) is 2.22. The van der Waals surface area contributed by atoms with Crippen molar-refractivity contribution in [1.82, 2.24) is 15.2 Å². The van der Waals surface area contributed by atoms with Crippen LogP contribution in [0.4, 0.5) is 5.69 Å². The molecule has 2 aromatic rings. The normalized spacial score (nSPS) is 12.3. The molecule has 8 heteroatoms. The van der Waals surface area contributed by atoms with E-state index in [-0.39, 0.29) is 23.0 Å². The van der Waals surface area contributed by atoms with Gasteiger partial charge in [-0.05, 0) is 24.8 Å². The molecule has 24 heavy (non-hydrogen) atoms. The molecule has 1 amide bonds. The first kappa shape index (κ1) is 17.3. The average molecular weight is 329 g/mol. The van der Waals surface area contributed by atoms with Gasteiger partial charge in [-0.25, -0.2) is 5.43 Å². The predicted molar refractivity (Wildman–Crippen MR) is 90.0 cm³/mol. The molecule has 126 valence electrons. The highest BCUT2D eigenvalue weighted by Crippen LogP contribution is 2.22. The number of nitrogens with one attached hydrogen (secondary N) is 1. The Morgan fingerprint density at radius 3 is 2.75 bits per heavy atom. The monoisotopic (exact) mass is 329 g/mol. The fourth-order valence-electron chi connectivity index (χ4n) is 2.41. The van der Waals surface area contributed by atoms with E-state index in [4.69, 9.17) is 0 Å². The lowest BCUT2D eigenvalue weighted by molar-refractivity contribution is -0.385. The molecular formula is C16H19N5O3. The van der Waals surface area contributed by atoms with Crippen LogP contribution in [0.25, 0.3) is 0 Å². The van der Waals surface area contributed by atoms with Crippen molar-refractivity contribution in [2.24, 2.45) is 12.1 Å². The van der Waals surface area contributed by atoms with Gasteiger partial charge in [0.15, 0.2) is 0 Å². The molecule has 0 radical (unpaired) electrons. The van der Waals surface area contributed by atoms with Crippen molar-refractivity contribution >= 4 is 17.8 Å². The lowest BCUT2D eigenvalue weighted by Gasteiger charge is -2.07. The molecule has 1 heterocycles. The third kappa shape index (κ3) is 3.83. The lowest BCUT2D eigenvalue weighted by Crippen LogP contribution is -2.22. The molecule has 0 saturated carbocycles. The van der Waals surface area contributed by atoms with Gasteiger partial charge in [-0.3, -0.25) is 19.6 Å². The van der Waals surface area contributed by atoms with Crippen LogP contribution in [0, 0.1) is 17.0 Å². The minimum atomic E-state index is -0.659. The Kier molecular flexibility index (Phi) is 5.41. The van der Waals surface area contributed by atoms with E-state index in [1.54, 1.807) is 6.21 Å². The summed E-state index contributed by atoms with van der Waals surface area (Å²) in [6, 6.07) is 9.94. The number of hydrogen-bond donors (Lipinski definition) is 1.